The van der Waals surface area contributed by atoms with Crippen molar-refractivity contribution in [1.82, 2.24) is 4.98 Å². The Morgan fingerprint density at radius 3 is 2.62 bits per heavy atom. The lowest BCUT2D eigenvalue weighted by molar-refractivity contribution is 0.174. The summed E-state index contributed by atoms with van der Waals surface area (Å²) in [4.78, 5) is 6.84. The maximum absolute atomic E-state index is 13.6. The van der Waals surface area contributed by atoms with Crippen molar-refractivity contribution in [3.63, 3.8) is 0 Å². The van der Waals surface area contributed by atoms with Crippen LogP contribution in [0.25, 0.3) is 10.9 Å². The maximum atomic E-state index is 13.6. The van der Waals surface area contributed by atoms with Crippen molar-refractivity contribution in [1.29, 1.82) is 0 Å². The lowest BCUT2D eigenvalue weighted by Crippen LogP contribution is -2.23. The first-order valence-corrected chi connectivity index (χ1v) is 7.60. The Morgan fingerprint density at radius 2 is 1.90 bits per heavy atom. The van der Waals surface area contributed by atoms with Crippen molar-refractivity contribution in [2.24, 2.45) is 11.8 Å². The molecule has 2 heterocycles. The highest BCUT2D eigenvalue weighted by atomic mass is 19.1. The number of hydrogen-bond acceptors (Lipinski definition) is 3. The third-order valence-electron chi connectivity index (χ3n) is 4.94. The van der Waals surface area contributed by atoms with Crippen LogP contribution in [0.3, 0.4) is 0 Å². The molecule has 0 bridgehead atoms. The van der Waals surface area contributed by atoms with E-state index < -0.39 is 0 Å². The van der Waals surface area contributed by atoms with Crippen LogP contribution in [0.4, 0.5) is 10.1 Å². The predicted octanol–water partition coefficient (Wildman–Crippen LogP) is 2.89. The van der Waals surface area contributed by atoms with E-state index in [0.29, 0.717) is 11.8 Å². The fraction of sp³-hybridized carbons (Fsp3) is 0.471. The minimum absolute atomic E-state index is 0.129. The Kier molecular flexibility index (Phi) is 2.89. The molecule has 1 aliphatic carbocycles. The van der Waals surface area contributed by atoms with Gasteiger partial charge in [0.05, 0.1) is 11.6 Å². The Balaban J connectivity index is 1.75. The molecule has 4 heteroatoms. The molecule has 110 valence electrons. The maximum Gasteiger partial charge on any atom is 0.124 e. The Morgan fingerprint density at radius 1 is 1.19 bits per heavy atom. The van der Waals surface area contributed by atoms with Gasteiger partial charge in [-0.25, -0.2) is 4.39 Å². The monoisotopic (exact) mass is 286 g/mol. The molecule has 3 nitrogen and oxygen atoms in total. The van der Waals surface area contributed by atoms with Crippen LogP contribution in [-0.2, 0) is 0 Å². The highest BCUT2D eigenvalue weighted by Gasteiger charge is 2.40. The number of hydrogen-bond donors (Lipinski definition) is 1. The minimum Gasteiger partial charge on any atom is -0.393 e. The summed E-state index contributed by atoms with van der Waals surface area (Å²) in [6.07, 6.45) is 1.67. The van der Waals surface area contributed by atoms with Gasteiger partial charge in [-0.1, -0.05) is 0 Å². The number of benzene rings is 1. The van der Waals surface area contributed by atoms with Crippen LogP contribution in [0.1, 0.15) is 18.5 Å². The van der Waals surface area contributed by atoms with Crippen molar-refractivity contribution < 1.29 is 9.50 Å². The summed E-state index contributed by atoms with van der Waals surface area (Å²) in [5.41, 5.74) is 2.89. The van der Waals surface area contributed by atoms with Crippen LogP contribution in [0, 0.1) is 24.6 Å². The average Bonchev–Trinajstić information content (AvgIpc) is 2.95. The third kappa shape index (κ3) is 2.18. The lowest BCUT2D eigenvalue weighted by atomic mass is 10.0. The summed E-state index contributed by atoms with van der Waals surface area (Å²) in [6, 6.07) is 6.86. The number of aliphatic hydroxyl groups is 1. The number of aryl methyl sites for hydroxylation is 1. The molecule has 2 fully saturated rings. The zero-order chi connectivity index (χ0) is 14.6. The van der Waals surface area contributed by atoms with E-state index in [1.807, 2.05) is 6.92 Å². The summed E-state index contributed by atoms with van der Waals surface area (Å²) in [5.74, 6) is 0.915. The molecule has 2 aromatic rings. The van der Waals surface area contributed by atoms with Crippen LogP contribution in [0.15, 0.2) is 24.3 Å². The number of aliphatic hydroxyl groups excluding tert-OH is 1. The first kappa shape index (κ1) is 13.0. The summed E-state index contributed by atoms with van der Waals surface area (Å²) < 4.78 is 13.6. The molecular formula is C17H19FN2O. The van der Waals surface area contributed by atoms with Crippen molar-refractivity contribution in [3.8, 4) is 0 Å². The zero-order valence-corrected chi connectivity index (χ0v) is 12.1. The molecule has 2 aliphatic rings. The fourth-order valence-corrected chi connectivity index (χ4v) is 4.04. The van der Waals surface area contributed by atoms with Crippen molar-refractivity contribution in [2.45, 2.75) is 25.9 Å². The van der Waals surface area contributed by atoms with Gasteiger partial charge in [-0.2, -0.15) is 0 Å². The lowest BCUT2D eigenvalue weighted by Gasteiger charge is -2.22. The van der Waals surface area contributed by atoms with E-state index in [2.05, 4.69) is 16.0 Å². The molecule has 0 radical (unpaired) electrons. The quantitative estimate of drug-likeness (QED) is 0.875. The molecular weight excluding hydrogens is 267 g/mol. The van der Waals surface area contributed by atoms with Gasteiger partial charge >= 0.3 is 0 Å². The molecule has 1 unspecified atom stereocenters. The van der Waals surface area contributed by atoms with E-state index >= 15 is 0 Å². The Bertz CT molecular complexity index is 688. The van der Waals surface area contributed by atoms with E-state index in [0.717, 1.165) is 48.2 Å². The summed E-state index contributed by atoms with van der Waals surface area (Å²) in [7, 11) is 0. The Hall–Kier alpha value is -1.68. The van der Waals surface area contributed by atoms with E-state index in [1.54, 1.807) is 12.1 Å². The SMILES string of the molecule is Cc1cc(N2C[C@H]3CC(O)C[C@H]3C2)c2cc(F)ccc2n1. The van der Waals surface area contributed by atoms with Crippen molar-refractivity contribution >= 4 is 16.6 Å². The van der Waals surface area contributed by atoms with Crippen LogP contribution < -0.4 is 4.90 Å². The molecule has 0 amide bonds. The van der Waals surface area contributed by atoms with Crippen LogP contribution in [0.2, 0.25) is 0 Å². The number of nitrogens with zero attached hydrogens (tertiary/aromatic N) is 2. The van der Waals surface area contributed by atoms with Gasteiger partial charge in [0.15, 0.2) is 0 Å². The van der Waals surface area contributed by atoms with Crippen LogP contribution >= 0.6 is 0 Å². The van der Waals surface area contributed by atoms with Gasteiger partial charge in [-0.05, 0) is 55.9 Å². The molecule has 1 saturated carbocycles. The highest BCUT2D eigenvalue weighted by Crippen LogP contribution is 2.41. The predicted molar refractivity (Wildman–Crippen MR) is 80.9 cm³/mol. The van der Waals surface area contributed by atoms with Gasteiger partial charge in [0.25, 0.3) is 0 Å². The fourth-order valence-electron chi connectivity index (χ4n) is 4.04. The molecule has 3 atom stereocenters. The Labute approximate surface area is 123 Å². The van der Waals surface area contributed by atoms with E-state index in [9.17, 15) is 9.50 Å². The van der Waals surface area contributed by atoms with Crippen molar-refractivity contribution in [3.05, 3.63) is 35.8 Å². The van der Waals surface area contributed by atoms with Gasteiger partial charge in [-0.15, -0.1) is 0 Å². The zero-order valence-electron chi connectivity index (χ0n) is 12.1. The van der Waals surface area contributed by atoms with Gasteiger partial charge in [-0.3, -0.25) is 4.98 Å². The number of fused-ring (bicyclic) bond motifs is 2. The number of rotatable bonds is 1. The molecule has 1 aliphatic heterocycles. The summed E-state index contributed by atoms with van der Waals surface area (Å²) in [6.45, 7) is 3.89. The van der Waals surface area contributed by atoms with Crippen molar-refractivity contribution in [2.75, 3.05) is 18.0 Å². The largest absolute Gasteiger partial charge is 0.393 e. The number of halogens is 1. The topological polar surface area (TPSA) is 36.4 Å². The second kappa shape index (κ2) is 4.67. The molecule has 1 aromatic heterocycles. The third-order valence-corrected chi connectivity index (χ3v) is 4.94. The normalized spacial score (nSPS) is 28.3. The van der Waals surface area contributed by atoms with Crippen LogP contribution in [0.5, 0.6) is 0 Å². The molecule has 21 heavy (non-hydrogen) atoms. The van der Waals surface area contributed by atoms with Crippen LogP contribution in [-0.4, -0.2) is 29.3 Å². The van der Waals surface area contributed by atoms with Gasteiger partial charge < -0.3 is 10.0 Å². The van der Waals surface area contributed by atoms with E-state index in [1.165, 1.54) is 6.07 Å². The molecule has 1 saturated heterocycles. The smallest absolute Gasteiger partial charge is 0.124 e. The summed E-state index contributed by atoms with van der Waals surface area (Å²) >= 11 is 0. The summed E-state index contributed by atoms with van der Waals surface area (Å²) in [5, 5.41) is 10.7. The first-order chi connectivity index (χ1) is 10.1. The number of anilines is 1. The molecule has 4 rings (SSSR count). The molecule has 0 spiro atoms. The van der Waals surface area contributed by atoms with Gasteiger partial charge in [0, 0.05) is 29.9 Å². The number of pyridine rings is 1. The second-order valence-electron chi connectivity index (χ2n) is 6.49. The van der Waals surface area contributed by atoms with Gasteiger partial charge in [0.2, 0.25) is 0 Å². The average molecular weight is 286 g/mol. The standard InChI is InChI=1S/C17H19FN2O/c1-10-4-17(15-7-13(18)2-3-16(15)19-10)20-8-11-5-14(21)6-12(11)9-20/h2-4,7,11-12,14,21H,5-6,8-9H2,1H3/t11-,12+,14?. The highest BCUT2D eigenvalue weighted by molar-refractivity contribution is 5.92. The number of aromatic nitrogens is 1. The van der Waals surface area contributed by atoms with E-state index in [-0.39, 0.29) is 11.9 Å². The second-order valence-corrected chi connectivity index (χ2v) is 6.49. The molecule has 1 N–H and O–H groups in total. The minimum atomic E-state index is -0.218. The first-order valence-electron chi connectivity index (χ1n) is 7.60. The van der Waals surface area contributed by atoms with Gasteiger partial charge in [0.1, 0.15) is 5.82 Å². The van der Waals surface area contributed by atoms with E-state index in [4.69, 9.17) is 0 Å². The molecule has 1 aromatic carbocycles.